The molecule has 2 aromatic rings. The Morgan fingerprint density at radius 1 is 1.00 bits per heavy atom. The number of hydrogen-bond acceptors (Lipinski definition) is 5. The van der Waals surface area contributed by atoms with Gasteiger partial charge in [0.05, 0.1) is 10.6 Å². The van der Waals surface area contributed by atoms with Crippen LogP contribution in [-0.2, 0) is 10.0 Å². The number of anilines is 1. The zero-order valence-electron chi connectivity index (χ0n) is 16.1. The lowest BCUT2D eigenvalue weighted by molar-refractivity contribution is 0.310. The molecule has 2 aliphatic rings. The summed E-state index contributed by atoms with van der Waals surface area (Å²) in [4.78, 5) is 7.54. The van der Waals surface area contributed by atoms with Crippen LogP contribution >= 0.6 is 0 Å². The first-order valence-corrected chi connectivity index (χ1v) is 10.9. The summed E-state index contributed by atoms with van der Waals surface area (Å²) < 4.78 is 56.5. The molecular weight excluding hydrogens is 398 g/mol. The van der Waals surface area contributed by atoms with E-state index in [4.69, 9.17) is 0 Å². The van der Waals surface area contributed by atoms with Gasteiger partial charge in [-0.05, 0) is 43.3 Å². The quantitative estimate of drug-likeness (QED) is 0.761. The largest absolute Gasteiger partial charge is 0.364 e. The van der Waals surface area contributed by atoms with Gasteiger partial charge >= 0.3 is 0 Å². The zero-order valence-corrected chi connectivity index (χ0v) is 16.9. The maximum Gasteiger partial charge on any atom is 0.264 e. The molecule has 0 atom stereocenters. The van der Waals surface area contributed by atoms with Crippen molar-refractivity contribution in [2.45, 2.75) is 11.3 Å². The van der Waals surface area contributed by atoms with E-state index in [0.29, 0.717) is 38.3 Å². The van der Waals surface area contributed by atoms with Crippen LogP contribution in [0.1, 0.15) is 12.1 Å². The van der Waals surface area contributed by atoms with Crippen molar-refractivity contribution < 1.29 is 17.2 Å². The fourth-order valence-corrected chi connectivity index (χ4v) is 5.00. The number of piperazine rings is 1. The molecule has 154 valence electrons. The molecule has 0 amide bonds. The molecule has 4 rings (SSSR count). The first kappa shape index (κ1) is 19.8. The third-order valence-electron chi connectivity index (χ3n) is 5.31. The molecule has 1 fully saturated rings. The van der Waals surface area contributed by atoms with Gasteiger partial charge in [-0.15, -0.1) is 0 Å². The normalized spacial score (nSPS) is 18.2. The number of nitrogens with zero attached hydrogens (tertiary/aromatic N) is 4. The zero-order chi connectivity index (χ0) is 20.6. The van der Waals surface area contributed by atoms with E-state index in [-0.39, 0.29) is 17.1 Å². The van der Waals surface area contributed by atoms with Crippen LogP contribution in [0, 0.1) is 11.6 Å². The van der Waals surface area contributed by atoms with Gasteiger partial charge in [-0.3, -0.25) is 9.29 Å². The van der Waals surface area contributed by atoms with Crippen molar-refractivity contribution in [1.29, 1.82) is 0 Å². The average molecular weight is 420 g/mol. The van der Waals surface area contributed by atoms with Gasteiger partial charge in [0.2, 0.25) is 0 Å². The van der Waals surface area contributed by atoms with Crippen LogP contribution in [0.4, 0.5) is 14.5 Å². The third-order valence-corrected chi connectivity index (χ3v) is 7.05. The van der Waals surface area contributed by atoms with Gasteiger partial charge in [0.15, 0.2) is 11.6 Å². The maximum atomic E-state index is 14.7. The van der Waals surface area contributed by atoms with Crippen LogP contribution in [0.5, 0.6) is 0 Å². The van der Waals surface area contributed by atoms with Crippen LogP contribution in [0.2, 0.25) is 0 Å². The minimum absolute atomic E-state index is 0.164. The van der Waals surface area contributed by atoms with Crippen molar-refractivity contribution in [2.75, 3.05) is 44.7 Å². The molecule has 0 radical (unpaired) electrons. The summed E-state index contributed by atoms with van der Waals surface area (Å²) in [7, 11) is -2.11. The van der Waals surface area contributed by atoms with Gasteiger partial charge in [-0.1, -0.05) is 6.07 Å². The second-order valence-corrected chi connectivity index (χ2v) is 9.15. The van der Waals surface area contributed by atoms with E-state index in [9.17, 15) is 17.2 Å². The van der Waals surface area contributed by atoms with Gasteiger partial charge < -0.3 is 9.80 Å². The monoisotopic (exact) mass is 420 g/mol. The van der Waals surface area contributed by atoms with E-state index < -0.39 is 21.7 Å². The van der Waals surface area contributed by atoms with Gasteiger partial charge in [0, 0.05) is 45.1 Å². The second kappa shape index (κ2) is 7.72. The molecule has 1 aromatic heterocycles. The number of aromatic nitrogens is 1. The molecular formula is C20H22F2N4O2S. The van der Waals surface area contributed by atoms with Crippen molar-refractivity contribution in [2.24, 2.45) is 0 Å². The van der Waals surface area contributed by atoms with Crippen molar-refractivity contribution in [3.05, 3.63) is 60.1 Å². The number of benzene rings is 1. The highest BCUT2D eigenvalue weighted by molar-refractivity contribution is 7.89. The predicted molar refractivity (Wildman–Crippen MR) is 107 cm³/mol. The first-order valence-electron chi connectivity index (χ1n) is 9.43. The van der Waals surface area contributed by atoms with E-state index in [1.807, 2.05) is 13.1 Å². The van der Waals surface area contributed by atoms with E-state index in [2.05, 4.69) is 9.88 Å². The van der Waals surface area contributed by atoms with Crippen molar-refractivity contribution in [1.82, 2.24) is 14.2 Å². The molecule has 0 saturated carbocycles. The van der Waals surface area contributed by atoms with E-state index >= 15 is 0 Å². The summed E-state index contributed by atoms with van der Waals surface area (Å²) in [6, 6.07) is 7.23. The fourth-order valence-electron chi connectivity index (χ4n) is 3.63. The molecule has 2 aliphatic heterocycles. The molecule has 0 unspecified atom stereocenters. The van der Waals surface area contributed by atoms with E-state index in [0.717, 1.165) is 22.0 Å². The molecule has 3 heterocycles. The second-order valence-electron chi connectivity index (χ2n) is 7.26. The average Bonchev–Trinajstić information content (AvgIpc) is 3.21. The number of rotatable bonds is 4. The molecule has 1 aromatic carbocycles. The number of hydrogen-bond donors (Lipinski definition) is 0. The minimum Gasteiger partial charge on any atom is -0.364 e. The highest BCUT2D eigenvalue weighted by Crippen LogP contribution is 2.32. The van der Waals surface area contributed by atoms with Crippen LogP contribution in [0.15, 0.2) is 47.6 Å². The van der Waals surface area contributed by atoms with E-state index in [1.54, 1.807) is 23.2 Å². The van der Waals surface area contributed by atoms with Crippen LogP contribution in [0.3, 0.4) is 0 Å². The molecule has 1 saturated heterocycles. The Morgan fingerprint density at radius 3 is 2.31 bits per heavy atom. The van der Waals surface area contributed by atoms with Gasteiger partial charge in [-0.25, -0.2) is 17.2 Å². The Balaban J connectivity index is 1.62. The smallest absolute Gasteiger partial charge is 0.264 e. The van der Waals surface area contributed by atoms with E-state index in [1.165, 1.54) is 6.20 Å². The third kappa shape index (κ3) is 3.84. The highest BCUT2D eigenvalue weighted by atomic mass is 32.2. The maximum absolute atomic E-state index is 14.7. The Labute approximate surface area is 169 Å². The Bertz CT molecular complexity index is 1010. The van der Waals surface area contributed by atoms with Crippen LogP contribution in [-0.4, -0.2) is 62.4 Å². The number of likely N-dealkylation sites (N-methyl/N-ethyl adjacent to an activating group) is 1. The van der Waals surface area contributed by atoms with Gasteiger partial charge in [-0.2, -0.15) is 0 Å². The highest BCUT2D eigenvalue weighted by Gasteiger charge is 2.30. The molecule has 0 bridgehead atoms. The van der Waals surface area contributed by atoms with Crippen molar-refractivity contribution in [3.8, 4) is 0 Å². The predicted octanol–water partition coefficient (Wildman–Crippen LogP) is 2.55. The van der Waals surface area contributed by atoms with Crippen molar-refractivity contribution >= 4 is 21.3 Å². The lowest BCUT2D eigenvalue weighted by Gasteiger charge is -2.34. The van der Waals surface area contributed by atoms with Gasteiger partial charge in [0.25, 0.3) is 10.0 Å². The topological polar surface area (TPSA) is 56.8 Å². The Hall–Kier alpha value is -2.52. The number of halogens is 2. The molecule has 0 N–H and O–H groups in total. The standard InChI is InChI=1S/C20H22F2N4O2S/c1-24-8-10-25(11-9-24)20-17(21)12-16(13-18(20)22)29(27,28)26-7-5-15(14-26)19-4-2-3-6-23-19/h2-4,6,12-14H,5,7-11H2,1H3. The summed E-state index contributed by atoms with van der Waals surface area (Å²) in [5.74, 6) is -1.72. The molecule has 9 heteroatoms. The lowest BCUT2D eigenvalue weighted by atomic mass is 10.1. The molecule has 0 spiro atoms. The van der Waals surface area contributed by atoms with Gasteiger partial charge in [0.1, 0.15) is 5.69 Å². The Kier molecular flexibility index (Phi) is 5.26. The fraction of sp³-hybridized carbons (Fsp3) is 0.350. The van der Waals surface area contributed by atoms with Crippen LogP contribution in [0.25, 0.3) is 5.57 Å². The summed E-state index contributed by atoms with van der Waals surface area (Å²) in [5, 5.41) is 0. The summed E-state index contributed by atoms with van der Waals surface area (Å²) in [6.07, 6.45) is 3.61. The SMILES string of the molecule is CN1CCN(c2c(F)cc(S(=O)(=O)N3C=C(c4ccccn4)CC3)cc2F)CC1. The first-order chi connectivity index (χ1) is 13.9. The number of sulfonamides is 1. The molecule has 29 heavy (non-hydrogen) atoms. The minimum atomic E-state index is -4.06. The van der Waals surface area contributed by atoms with Crippen LogP contribution < -0.4 is 4.90 Å². The van der Waals surface area contributed by atoms with Crippen molar-refractivity contribution in [3.63, 3.8) is 0 Å². The number of pyridine rings is 1. The molecule has 6 nitrogen and oxygen atoms in total. The lowest BCUT2D eigenvalue weighted by Crippen LogP contribution is -2.45. The summed E-state index contributed by atoms with van der Waals surface area (Å²) >= 11 is 0. The summed E-state index contributed by atoms with van der Waals surface area (Å²) in [6.45, 7) is 2.55. The Morgan fingerprint density at radius 2 is 1.69 bits per heavy atom. The molecule has 0 aliphatic carbocycles. The summed E-state index contributed by atoms with van der Waals surface area (Å²) in [5.41, 5.74) is 1.29.